The first-order chi connectivity index (χ1) is 14.6. The second-order valence-electron chi connectivity index (χ2n) is 7.34. The monoisotopic (exact) mass is 451 g/mol. The number of aliphatic hydroxyl groups is 1. The molecule has 0 spiro atoms. The van der Waals surface area contributed by atoms with Gasteiger partial charge in [-0.2, -0.15) is 18.3 Å². The number of hydrogen-bond donors (Lipinski definition) is 2. The normalized spacial score (nSPS) is 12.8. The van der Waals surface area contributed by atoms with Gasteiger partial charge in [0.1, 0.15) is 0 Å². The van der Waals surface area contributed by atoms with E-state index in [9.17, 15) is 23.1 Å². The average Bonchev–Trinajstić information content (AvgIpc) is 3.17. The lowest BCUT2D eigenvalue weighted by molar-refractivity contribution is -0.137. The lowest BCUT2D eigenvalue weighted by atomic mass is 10.0. The van der Waals surface area contributed by atoms with Crippen LogP contribution >= 0.6 is 11.6 Å². The second kappa shape index (κ2) is 9.11. The molecule has 0 bridgehead atoms. The number of aromatic nitrogens is 2. The predicted octanol–water partition coefficient (Wildman–Crippen LogP) is 5.13. The predicted molar refractivity (Wildman–Crippen MR) is 111 cm³/mol. The molecule has 0 fully saturated rings. The summed E-state index contributed by atoms with van der Waals surface area (Å²) in [5, 5.41) is 17.7. The molecule has 0 aliphatic carbocycles. The Morgan fingerprint density at radius 2 is 1.87 bits per heavy atom. The maximum atomic E-state index is 12.9. The third-order valence-corrected chi connectivity index (χ3v) is 4.98. The lowest BCUT2D eigenvalue weighted by Crippen LogP contribution is -2.29. The van der Waals surface area contributed by atoms with Crippen molar-refractivity contribution in [3.8, 4) is 5.69 Å². The van der Waals surface area contributed by atoms with E-state index in [1.807, 2.05) is 13.8 Å². The summed E-state index contributed by atoms with van der Waals surface area (Å²) in [6.07, 6.45) is -4.38. The van der Waals surface area contributed by atoms with Crippen molar-refractivity contribution in [2.75, 3.05) is 6.54 Å². The van der Waals surface area contributed by atoms with Crippen molar-refractivity contribution in [1.82, 2.24) is 15.1 Å². The number of halogens is 4. The summed E-state index contributed by atoms with van der Waals surface area (Å²) in [5.74, 6) is -0.526. The average molecular weight is 452 g/mol. The molecule has 3 rings (SSSR count). The molecule has 0 radical (unpaired) electrons. The van der Waals surface area contributed by atoms with Gasteiger partial charge in [0.05, 0.1) is 34.8 Å². The fourth-order valence-corrected chi connectivity index (χ4v) is 3.33. The van der Waals surface area contributed by atoms with Gasteiger partial charge in [-0.3, -0.25) is 4.79 Å². The molecule has 0 saturated carbocycles. The molecule has 1 unspecified atom stereocenters. The van der Waals surface area contributed by atoms with E-state index >= 15 is 0 Å². The van der Waals surface area contributed by atoms with Gasteiger partial charge in [-0.15, -0.1) is 0 Å². The van der Waals surface area contributed by atoms with E-state index in [4.69, 9.17) is 11.6 Å². The van der Waals surface area contributed by atoms with Crippen molar-refractivity contribution in [3.63, 3.8) is 0 Å². The molecule has 31 heavy (non-hydrogen) atoms. The van der Waals surface area contributed by atoms with Gasteiger partial charge in [0.15, 0.2) is 0 Å². The van der Waals surface area contributed by atoms with E-state index in [1.54, 1.807) is 28.9 Å². The third kappa shape index (κ3) is 5.26. The number of nitrogens with zero attached hydrogens (tertiary/aromatic N) is 2. The molecule has 1 heterocycles. The highest BCUT2D eigenvalue weighted by molar-refractivity contribution is 6.30. The summed E-state index contributed by atoms with van der Waals surface area (Å²) < 4.78 is 40.3. The number of alkyl halides is 3. The molecule has 2 aromatic carbocycles. The topological polar surface area (TPSA) is 67.2 Å². The Bertz CT molecular complexity index is 1060. The van der Waals surface area contributed by atoms with Gasteiger partial charge >= 0.3 is 6.18 Å². The zero-order valence-corrected chi connectivity index (χ0v) is 17.6. The highest BCUT2D eigenvalue weighted by atomic mass is 35.5. The molecule has 1 aromatic heterocycles. The van der Waals surface area contributed by atoms with Gasteiger partial charge in [0, 0.05) is 11.6 Å². The van der Waals surface area contributed by atoms with Crippen molar-refractivity contribution < 1.29 is 23.1 Å². The molecule has 1 amide bonds. The standard InChI is InChI=1S/C22H21ClF3N3O2/c1-13(2)20-18(11-28-29(20)17-8-6-16(23)7-9-17)21(31)27-12-19(30)14-4-3-5-15(10-14)22(24,25)26/h3-11,13,19,30H,12H2,1-2H3,(H,27,31). The SMILES string of the molecule is CC(C)c1c(C(=O)NCC(O)c2cccc(C(F)(F)F)c2)cnn1-c1ccc(Cl)cc1. The minimum absolute atomic E-state index is 0.0488. The first-order valence-electron chi connectivity index (χ1n) is 9.55. The molecule has 5 nitrogen and oxygen atoms in total. The Labute approximate surface area is 182 Å². The zero-order chi connectivity index (χ0) is 22.8. The quantitative estimate of drug-likeness (QED) is 0.546. The fourth-order valence-electron chi connectivity index (χ4n) is 3.20. The maximum Gasteiger partial charge on any atom is 0.416 e. The number of benzene rings is 2. The molecule has 3 aromatic rings. The van der Waals surface area contributed by atoms with E-state index < -0.39 is 23.8 Å². The highest BCUT2D eigenvalue weighted by Gasteiger charge is 2.31. The van der Waals surface area contributed by atoms with Crippen LogP contribution in [0.4, 0.5) is 13.2 Å². The van der Waals surface area contributed by atoms with Crippen LogP contribution in [0.25, 0.3) is 5.69 Å². The summed E-state index contributed by atoms with van der Waals surface area (Å²) in [6.45, 7) is 3.58. The lowest BCUT2D eigenvalue weighted by Gasteiger charge is -2.16. The van der Waals surface area contributed by atoms with E-state index in [1.165, 1.54) is 18.3 Å². The van der Waals surface area contributed by atoms with Crippen LogP contribution in [0, 0.1) is 0 Å². The summed E-state index contributed by atoms with van der Waals surface area (Å²) >= 11 is 5.93. The number of carbonyl (C=O) groups is 1. The van der Waals surface area contributed by atoms with Crippen molar-refractivity contribution in [1.29, 1.82) is 0 Å². The van der Waals surface area contributed by atoms with Crippen molar-refractivity contribution in [2.24, 2.45) is 0 Å². The third-order valence-electron chi connectivity index (χ3n) is 4.72. The minimum Gasteiger partial charge on any atom is -0.387 e. The summed E-state index contributed by atoms with van der Waals surface area (Å²) in [4.78, 5) is 12.8. The summed E-state index contributed by atoms with van der Waals surface area (Å²) in [7, 11) is 0. The number of hydrogen-bond acceptors (Lipinski definition) is 3. The van der Waals surface area contributed by atoms with Crippen LogP contribution in [-0.2, 0) is 6.18 Å². The number of rotatable bonds is 6. The van der Waals surface area contributed by atoms with Crippen LogP contribution in [-0.4, -0.2) is 27.3 Å². The van der Waals surface area contributed by atoms with Crippen LogP contribution in [0.1, 0.15) is 53.0 Å². The largest absolute Gasteiger partial charge is 0.416 e. The molecule has 0 aliphatic rings. The summed E-state index contributed by atoms with van der Waals surface area (Å²) in [5.41, 5.74) is 0.920. The molecular formula is C22H21ClF3N3O2. The molecule has 1 atom stereocenters. The Morgan fingerprint density at radius 1 is 1.19 bits per heavy atom. The Kier molecular flexibility index (Phi) is 6.71. The van der Waals surface area contributed by atoms with E-state index in [0.717, 1.165) is 17.8 Å². The van der Waals surface area contributed by atoms with Crippen molar-refractivity contribution in [2.45, 2.75) is 32.0 Å². The number of nitrogens with one attached hydrogen (secondary N) is 1. The number of aliphatic hydroxyl groups excluding tert-OH is 1. The second-order valence-corrected chi connectivity index (χ2v) is 7.77. The molecule has 0 aliphatic heterocycles. The fraction of sp³-hybridized carbons (Fsp3) is 0.273. The summed E-state index contributed by atoms with van der Waals surface area (Å²) in [6, 6.07) is 11.4. The van der Waals surface area contributed by atoms with E-state index in [2.05, 4.69) is 10.4 Å². The molecule has 164 valence electrons. The maximum absolute atomic E-state index is 12.9. The minimum atomic E-state index is -4.51. The van der Waals surface area contributed by atoms with Crippen molar-refractivity contribution in [3.05, 3.63) is 82.1 Å². The van der Waals surface area contributed by atoms with Crippen molar-refractivity contribution >= 4 is 17.5 Å². The Morgan fingerprint density at radius 3 is 2.48 bits per heavy atom. The van der Waals surface area contributed by atoms with Gasteiger partial charge in [0.2, 0.25) is 0 Å². The number of amides is 1. The van der Waals surface area contributed by atoms with E-state index in [-0.39, 0.29) is 18.0 Å². The van der Waals surface area contributed by atoms with Gasteiger partial charge in [-0.1, -0.05) is 37.6 Å². The Hall–Kier alpha value is -2.84. The Balaban J connectivity index is 1.77. The first-order valence-corrected chi connectivity index (χ1v) is 9.93. The van der Waals surface area contributed by atoms with Crippen LogP contribution in [0.5, 0.6) is 0 Å². The molecular weight excluding hydrogens is 431 g/mol. The first kappa shape index (κ1) is 22.8. The van der Waals surface area contributed by atoms with Gasteiger partial charge in [-0.25, -0.2) is 4.68 Å². The van der Waals surface area contributed by atoms with Gasteiger partial charge in [0.25, 0.3) is 5.91 Å². The smallest absolute Gasteiger partial charge is 0.387 e. The van der Waals surface area contributed by atoms with Gasteiger partial charge < -0.3 is 10.4 Å². The highest BCUT2D eigenvalue weighted by Crippen LogP contribution is 2.31. The molecule has 2 N–H and O–H groups in total. The van der Waals surface area contributed by atoms with Crippen LogP contribution in [0.3, 0.4) is 0 Å². The van der Waals surface area contributed by atoms with Crippen LogP contribution in [0.15, 0.2) is 54.7 Å². The van der Waals surface area contributed by atoms with Crippen LogP contribution < -0.4 is 5.32 Å². The van der Waals surface area contributed by atoms with E-state index in [0.29, 0.717) is 16.3 Å². The zero-order valence-electron chi connectivity index (χ0n) is 16.8. The van der Waals surface area contributed by atoms with Crippen LogP contribution in [0.2, 0.25) is 5.02 Å². The molecule has 9 heteroatoms. The number of carbonyl (C=O) groups excluding carboxylic acids is 1. The van der Waals surface area contributed by atoms with Gasteiger partial charge in [-0.05, 0) is 47.9 Å². The molecule has 0 saturated heterocycles.